The van der Waals surface area contributed by atoms with Crippen LogP contribution < -0.4 is 4.90 Å². The molecule has 0 fully saturated rings. The Morgan fingerprint density at radius 1 is 0.745 bits per heavy atom. The van der Waals surface area contributed by atoms with Crippen LogP contribution in [0, 0.1) is 11.8 Å². The molecule has 1 heterocycles. The molecule has 3 aromatic rings. The number of hydrogen-bond acceptors (Lipinski definition) is 2. The zero-order valence-corrected chi connectivity index (χ0v) is 28.4. The van der Waals surface area contributed by atoms with Crippen LogP contribution in [0.25, 0.3) is 11.1 Å². The summed E-state index contributed by atoms with van der Waals surface area (Å²) in [6.45, 7) is 7.23. The van der Waals surface area contributed by atoms with E-state index in [2.05, 4.69) is 177 Å². The molecule has 0 aromatic heterocycles. The number of hydrogen-bond donors (Lipinski definition) is 0. The van der Waals surface area contributed by atoms with E-state index in [-0.39, 0.29) is 11.5 Å². The molecule has 0 saturated heterocycles. The van der Waals surface area contributed by atoms with Crippen molar-refractivity contribution in [1.82, 2.24) is 0 Å². The van der Waals surface area contributed by atoms with Crippen LogP contribution in [0.1, 0.15) is 62.1 Å². The summed E-state index contributed by atoms with van der Waals surface area (Å²) in [5, 5.41) is 1.28. The third-order valence-corrected chi connectivity index (χ3v) is 12.1. The lowest BCUT2D eigenvalue weighted by Crippen LogP contribution is -2.33. The molecular weight excluding hydrogens is 587 g/mol. The molecule has 0 amide bonds. The quantitative estimate of drug-likeness (QED) is 0.276. The molecule has 8 rings (SSSR count). The van der Waals surface area contributed by atoms with Crippen LogP contribution in [-0.4, -0.2) is 6.04 Å². The smallest absolute Gasteiger partial charge is 0.0806 e. The highest BCUT2D eigenvalue weighted by Crippen LogP contribution is 2.57. The van der Waals surface area contributed by atoms with Gasteiger partial charge in [-0.3, -0.25) is 0 Å². The summed E-state index contributed by atoms with van der Waals surface area (Å²) in [6.07, 6.45) is 34.8. The Balaban J connectivity index is 1.21. The molecule has 0 spiro atoms. The van der Waals surface area contributed by atoms with Gasteiger partial charge >= 0.3 is 0 Å². The van der Waals surface area contributed by atoms with Gasteiger partial charge in [-0.2, -0.15) is 0 Å². The number of benzene rings is 3. The van der Waals surface area contributed by atoms with Crippen LogP contribution in [0.3, 0.4) is 0 Å². The average Bonchev–Trinajstić information content (AvgIpc) is 3.35. The van der Waals surface area contributed by atoms with Gasteiger partial charge in [0.15, 0.2) is 0 Å². The maximum absolute atomic E-state index is 2.59. The molecule has 5 atom stereocenters. The first-order valence-corrected chi connectivity index (χ1v) is 18.1. The number of allylic oxidation sites excluding steroid dienone is 13. The molecule has 1 aliphatic heterocycles. The maximum atomic E-state index is 2.59. The number of rotatable bonds is 5. The molecule has 2 heteroatoms. The largest absolute Gasteiger partial charge is 0.329 e. The van der Waals surface area contributed by atoms with Gasteiger partial charge in [-0.25, -0.2) is 0 Å². The summed E-state index contributed by atoms with van der Waals surface area (Å²) in [7, 11) is 0. The first-order valence-electron chi connectivity index (χ1n) is 17.2. The number of thioether (sulfide) groups is 1. The van der Waals surface area contributed by atoms with Crippen LogP contribution >= 0.6 is 11.8 Å². The van der Waals surface area contributed by atoms with Crippen LogP contribution in [-0.2, 0) is 5.41 Å². The minimum absolute atomic E-state index is 0.0885. The van der Waals surface area contributed by atoms with E-state index < -0.39 is 0 Å². The van der Waals surface area contributed by atoms with E-state index in [9.17, 15) is 0 Å². The van der Waals surface area contributed by atoms with Crippen molar-refractivity contribution in [3.05, 3.63) is 179 Å². The van der Waals surface area contributed by atoms with Crippen molar-refractivity contribution in [2.24, 2.45) is 11.8 Å². The third-order valence-electron chi connectivity index (χ3n) is 10.9. The van der Waals surface area contributed by atoms with Crippen molar-refractivity contribution in [1.29, 1.82) is 0 Å². The van der Waals surface area contributed by atoms with E-state index in [1.165, 1.54) is 49.0 Å². The molecule has 0 N–H and O–H groups in total. The molecule has 4 aliphatic carbocycles. The van der Waals surface area contributed by atoms with Crippen molar-refractivity contribution >= 4 is 17.4 Å². The highest BCUT2D eigenvalue weighted by atomic mass is 32.2. The average molecular weight is 630 g/mol. The second-order valence-corrected chi connectivity index (χ2v) is 15.1. The van der Waals surface area contributed by atoms with Gasteiger partial charge in [0, 0.05) is 28.3 Å². The van der Waals surface area contributed by atoms with E-state index in [1.807, 2.05) is 11.8 Å². The lowest BCUT2D eigenvalue weighted by molar-refractivity contribution is 0.394. The Labute approximate surface area is 285 Å². The van der Waals surface area contributed by atoms with E-state index in [4.69, 9.17) is 0 Å². The Kier molecular flexibility index (Phi) is 7.94. The zero-order valence-electron chi connectivity index (χ0n) is 27.6. The van der Waals surface area contributed by atoms with Crippen molar-refractivity contribution < 1.29 is 0 Å². The molecule has 5 aliphatic rings. The summed E-state index contributed by atoms with van der Waals surface area (Å²) in [5.41, 5.74) is 9.72. The third kappa shape index (κ3) is 5.47. The first kappa shape index (κ1) is 30.1. The van der Waals surface area contributed by atoms with Crippen molar-refractivity contribution in [2.45, 2.75) is 61.8 Å². The Morgan fingerprint density at radius 3 is 2.30 bits per heavy atom. The molecule has 47 heavy (non-hydrogen) atoms. The van der Waals surface area contributed by atoms with E-state index in [0.717, 1.165) is 12.8 Å². The molecule has 0 radical (unpaired) electrons. The van der Waals surface area contributed by atoms with Gasteiger partial charge < -0.3 is 4.90 Å². The van der Waals surface area contributed by atoms with Crippen molar-refractivity contribution in [3.63, 3.8) is 0 Å². The first-order chi connectivity index (χ1) is 23.0. The van der Waals surface area contributed by atoms with Crippen molar-refractivity contribution in [3.8, 4) is 11.1 Å². The number of nitrogens with zero attached hydrogens (tertiary/aromatic N) is 1. The highest BCUT2D eigenvalue weighted by Gasteiger charge is 2.46. The van der Waals surface area contributed by atoms with Gasteiger partial charge in [0.25, 0.3) is 0 Å². The topological polar surface area (TPSA) is 3.24 Å². The molecule has 1 nitrogen and oxygen atoms in total. The van der Waals surface area contributed by atoms with Gasteiger partial charge in [0.1, 0.15) is 0 Å². The minimum atomic E-state index is 0.0885. The molecule has 3 aromatic carbocycles. The normalized spacial score (nSPS) is 28.3. The fourth-order valence-electron chi connectivity index (χ4n) is 8.26. The van der Waals surface area contributed by atoms with Gasteiger partial charge in [-0.05, 0) is 75.8 Å². The SMILES string of the molecule is CC1/C=C\C=C(\N(c2ccc(-c3ccccc3)cc2)C2C=CC(C3C=CC=CC3)=CC2)Sc2c1ccc1c2C2C=CC=CC2C1(C)C. The summed E-state index contributed by atoms with van der Waals surface area (Å²) >= 11 is 1.99. The van der Waals surface area contributed by atoms with Crippen LogP contribution in [0.2, 0.25) is 0 Å². The molecule has 5 unspecified atom stereocenters. The fraction of sp³-hybridized carbons (Fsp3) is 0.244. The number of fused-ring (bicyclic) bond motifs is 5. The maximum Gasteiger partial charge on any atom is 0.0806 e. The second kappa shape index (κ2) is 12.4. The molecule has 0 saturated carbocycles. The van der Waals surface area contributed by atoms with Gasteiger partial charge in [0.2, 0.25) is 0 Å². The van der Waals surface area contributed by atoms with E-state index in [1.54, 1.807) is 0 Å². The van der Waals surface area contributed by atoms with Crippen LogP contribution in [0.15, 0.2) is 167 Å². The monoisotopic (exact) mass is 629 g/mol. The lowest BCUT2D eigenvalue weighted by atomic mass is 9.74. The summed E-state index contributed by atoms with van der Waals surface area (Å²) in [5.74, 6) is 1.70. The predicted octanol–water partition coefficient (Wildman–Crippen LogP) is 12.0. The second-order valence-electron chi connectivity index (χ2n) is 14.1. The molecular formula is C45H43NS. The van der Waals surface area contributed by atoms with Crippen LogP contribution in [0.5, 0.6) is 0 Å². The highest BCUT2D eigenvalue weighted by molar-refractivity contribution is 8.03. The minimum Gasteiger partial charge on any atom is -0.329 e. The summed E-state index contributed by atoms with van der Waals surface area (Å²) < 4.78 is 0. The Morgan fingerprint density at radius 2 is 1.53 bits per heavy atom. The number of anilines is 1. The van der Waals surface area contributed by atoms with Gasteiger partial charge in [-0.15, -0.1) is 0 Å². The van der Waals surface area contributed by atoms with E-state index in [0.29, 0.717) is 23.7 Å². The summed E-state index contributed by atoms with van der Waals surface area (Å²) in [4.78, 5) is 4.05. The van der Waals surface area contributed by atoms with Crippen LogP contribution in [0.4, 0.5) is 5.69 Å². The zero-order chi connectivity index (χ0) is 32.0. The van der Waals surface area contributed by atoms with Gasteiger partial charge in [-0.1, -0.05) is 166 Å². The predicted molar refractivity (Wildman–Crippen MR) is 202 cm³/mol. The summed E-state index contributed by atoms with van der Waals surface area (Å²) in [6, 6.07) is 25.0. The lowest BCUT2D eigenvalue weighted by Gasteiger charge is -2.36. The fourth-order valence-corrected chi connectivity index (χ4v) is 9.68. The van der Waals surface area contributed by atoms with E-state index >= 15 is 0 Å². The molecule has 0 bridgehead atoms. The Bertz CT molecular complexity index is 1910. The Hall–Kier alpha value is -4.27. The van der Waals surface area contributed by atoms with Crippen molar-refractivity contribution in [2.75, 3.05) is 4.90 Å². The standard InChI is InChI=1S/C45H43NS/c1-31-13-12-20-42(47-44-38(31)29-30-41-43(44)39-18-10-11-19-40(39)45(41,2)3)46(36-25-21-34(22-26-36)32-14-6-4-7-15-32)37-27-23-35(24-28-37)33-16-8-5-9-17-33/h4-16,18-27,29-31,33,37,39-40H,17,28H2,1-3H3/b13-12-,42-20-. The van der Waals surface area contributed by atoms with Gasteiger partial charge in [0.05, 0.1) is 11.1 Å². The molecule has 234 valence electrons.